The molecule has 0 saturated heterocycles. The Labute approximate surface area is 302 Å². The van der Waals surface area contributed by atoms with Crippen molar-refractivity contribution in [3.63, 3.8) is 0 Å². The molecule has 4 heterocycles. The van der Waals surface area contributed by atoms with Gasteiger partial charge in [-0.05, 0) is 68.0 Å². The SMILES string of the molecule is CC(C)(C)C1=C(c2cccc3c2NCC3)C(=CC=CC=Cc2ccc(-c3cc(C(C)(C)C)[o+]c4ccccc34)c3c2CCN3)c2ccccc2O1. The summed E-state index contributed by atoms with van der Waals surface area (Å²) in [6, 6.07) is 30.2. The smallest absolute Gasteiger partial charge is 0.360 e. The summed E-state index contributed by atoms with van der Waals surface area (Å²) in [6.45, 7) is 15.2. The van der Waals surface area contributed by atoms with E-state index in [0.29, 0.717) is 0 Å². The number of rotatable bonds is 5. The number of hydrogen-bond donors (Lipinski definition) is 2. The molecule has 3 aliphatic rings. The van der Waals surface area contributed by atoms with Crippen LogP contribution in [0.15, 0.2) is 119 Å². The van der Waals surface area contributed by atoms with Crippen molar-refractivity contribution in [1.82, 2.24) is 0 Å². The van der Waals surface area contributed by atoms with Crippen LogP contribution < -0.4 is 15.4 Å². The first-order valence-electron chi connectivity index (χ1n) is 18.3. The minimum atomic E-state index is -0.192. The maximum Gasteiger partial charge on any atom is 0.360 e. The van der Waals surface area contributed by atoms with E-state index in [1.165, 1.54) is 50.3 Å². The van der Waals surface area contributed by atoms with Crippen molar-refractivity contribution in [2.24, 2.45) is 5.41 Å². The molecular weight excluding hydrogens is 625 g/mol. The van der Waals surface area contributed by atoms with Gasteiger partial charge in [0, 0.05) is 69.8 Å². The zero-order chi connectivity index (χ0) is 35.3. The predicted octanol–water partition coefficient (Wildman–Crippen LogP) is 12.1. The number of hydrogen-bond acceptors (Lipinski definition) is 3. The normalized spacial score (nSPS) is 16.4. The molecule has 0 bridgehead atoms. The van der Waals surface area contributed by atoms with Crippen molar-refractivity contribution in [1.29, 1.82) is 0 Å². The van der Waals surface area contributed by atoms with Crippen LogP contribution in [0.5, 0.6) is 5.75 Å². The van der Waals surface area contributed by atoms with Crippen LogP contribution >= 0.6 is 0 Å². The monoisotopic (exact) mass is 671 g/mol. The molecule has 4 heteroatoms. The molecule has 1 aromatic heterocycles. The Morgan fingerprint density at radius 2 is 1.43 bits per heavy atom. The zero-order valence-electron chi connectivity index (χ0n) is 30.6. The number of ether oxygens (including phenoxy) is 1. The standard InChI is InChI=1S/C47H47N2O2/c1-46(2,3)41-29-38(34-18-11-12-21-39(34)50-41)36-24-23-30(32-26-28-49-44(32)36)15-8-7-9-19-35-33-17-10-13-22-40(33)51-45(47(4,5)6)42(35)37-20-14-16-31-25-27-48-43(31)37/h7-24,29,48-49H,25-28H2,1-6H3/q+1. The van der Waals surface area contributed by atoms with E-state index in [-0.39, 0.29) is 10.8 Å². The number of allylic oxidation sites excluding steroid dienone is 7. The van der Waals surface area contributed by atoms with Crippen LogP contribution in [0.4, 0.5) is 11.4 Å². The van der Waals surface area contributed by atoms with Crippen LogP contribution in [0.3, 0.4) is 0 Å². The van der Waals surface area contributed by atoms with Gasteiger partial charge in [-0.2, -0.15) is 0 Å². The van der Waals surface area contributed by atoms with Crippen LogP contribution in [-0.2, 0) is 18.3 Å². The molecule has 0 unspecified atom stereocenters. The van der Waals surface area contributed by atoms with E-state index >= 15 is 0 Å². The van der Waals surface area contributed by atoms with Gasteiger partial charge in [-0.15, -0.1) is 0 Å². The predicted molar refractivity (Wildman–Crippen MR) is 215 cm³/mol. The highest BCUT2D eigenvalue weighted by atomic mass is 16.5. The largest absolute Gasteiger partial charge is 0.460 e. The number of nitrogens with one attached hydrogen (secondary N) is 2. The molecule has 8 rings (SSSR count). The Bertz CT molecular complexity index is 2310. The van der Waals surface area contributed by atoms with Crippen molar-refractivity contribution in [2.75, 3.05) is 23.7 Å². The van der Waals surface area contributed by atoms with E-state index in [4.69, 9.17) is 9.15 Å². The van der Waals surface area contributed by atoms with Gasteiger partial charge in [-0.25, -0.2) is 4.42 Å². The molecule has 4 nitrogen and oxygen atoms in total. The fourth-order valence-corrected chi connectivity index (χ4v) is 7.64. The molecule has 3 aliphatic heterocycles. The minimum Gasteiger partial charge on any atom is -0.460 e. The third kappa shape index (κ3) is 6.07. The molecular formula is C47H47N2O2+. The van der Waals surface area contributed by atoms with Crippen molar-refractivity contribution in [3.05, 3.63) is 149 Å². The van der Waals surface area contributed by atoms with Crippen LogP contribution in [0.1, 0.15) is 75.1 Å². The summed E-state index contributed by atoms with van der Waals surface area (Å²) in [5.74, 6) is 2.88. The van der Waals surface area contributed by atoms with Crippen LogP contribution in [0, 0.1) is 5.41 Å². The molecule has 0 aliphatic carbocycles. The third-order valence-electron chi connectivity index (χ3n) is 10.2. The number of para-hydroxylation sites is 3. The molecule has 5 aromatic rings. The van der Waals surface area contributed by atoms with Gasteiger partial charge in [0.2, 0.25) is 0 Å². The summed E-state index contributed by atoms with van der Waals surface area (Å²) in [4.78, 5) is 0. The Kier molecular flexibility index (Phi) is 8.21. The average Bonchev–Trinajstić information content (AvgIpc) is 3.81. The molecule has 0 atom stereocenters. The van der Waals surface area contributed by atoms with E-state index < -0.39 is 0 Å². The van der Waals surface area contributed by atoms with Gasteiger partial charge < -0.3 is 15.4 Å². The van der Waals surface area contributed by atoms with Gasteiger partial charge in [0.25, 0.3) is 0 Å². The summed E-state index contributed by atoms with van der Waals surface area (Å²) in [5.41, 5.74) is 14.2. The second kappa shape index (κ2) is 12.8. The summed E-state index contributed by atoms with van der Waals surface area (Å²) in [7, 11) is 0. The van der Waals surface area contributed by atoms with E-state index in [2.05, 4.69) is 161 Å². The number of benzene rings is 4. The molecule has 0 amide bonds. The third-order valence-corrected chi connectivity index (χ3v) is 10.2. The van der Waals surface area contributed by atoms with Crippen molar-refractivity contribution in [3.8, 4) is 16.9 Å². The lowest BCUT2D eigenvalue weighted by atomic mass is 9.80. The maximum absolute atomic E-state index is 6.73. The molecule has 0 radical (unpaired) electrons. The van der Waals surface area contributed by atoms with E-state index in [9.17, 15) is 0 Å². The van der Waals surface area contributed by atoms with Gasteiger partial charge in [0.05, 0.1) is 10.8 Å². The quantitative estimate of drug-likeness (QED) is 0.144. The topological polar surface area (TPSA) is 44.6 Å². The molecule has 2 N–H and O–H groups in total. The van der Waals surface area contributed by atoms with Crippen molar-refractivity contribution >= 4 is 39.6 Å². The summed E-state index contributed by atoms with van der Waals surface area (Å²) in [6.07, 6.45) is 13.0. The Hall–Kier alpha value is -5.35. The molecule has 4 aromatic carbocycles. The fraction of sp³-hybridized carbons (Fsp3) is 0.255. The Morgan fingerprint density at radius 1 is 0.667 bits per heavy atom. The lowest BCUT2D eigenvalue weighted by Crippen LogP contribution is -2.21. The lowest BCUT2D eigenvalue weighted by molar-refractivity contribution is 0.294. The van der Waals surface area contributed by atoms with E-state index in [0.717, 1.165) is 65.3 Å². The second-order valence-electron chi connectivity index (χ2n) is 15.9. The highest BCUT2D eigenvalue weighted by Gasteiger charge is 2.34. The zero-order valence-corrected chi connectivity index (χ0v) is 30.6. The average molecular weight is 672 g/mol. The molecule has 0 spiro atoms. The number of anilines is 2. The highest BCUT2D eigenvalue weighted by molar-refractivity contribution is 6.11. The highest BCUT2D eigenvalue weighted by Crippen LogP contribution is 2.50. The Morgan fingerprint density at radius 3 is 2.27 bits per heavy atom. The fourth-order valence-electron chi connectivity index (χ4n) is 7.64. The van der Waals surface area contributed by atoms with Crippen molar-refractivity contribution in [2.45, 2.75) is 59.8 Å². The van der Waals surface area contributed by atoms with E-state index in [1.54, 1.807) is 0 Å². The summed E-state index contributed by atoms with van der Waals surface area (Å²) in [5, 5.41) is 8.53. The molecule has 51 heavy (non-hydrogen) atoms. The van der Waals surface area contributed by atoms with Crippen LogP contribution in [0.25, 0.3) is 39.3 Å². The maximum atomic E-state index is 6.73. The van der Waals surface area contributed by atoms with Gasteiger partial charge in [-0.1, -0.05) is 112 Å². The van der Waals surface area contributed by atoms with Gasteiger partial charge in [-0.3, -0.25) is 0 Å². The van der Waals surface area contributed by atoms with Gasteiger partial charge in [0.15, 0.2) is 0 Å². The first-order valence-corrected chi connectivity index (χ1v) is 18.3. The van der Waals surface area contributed by atoms with Crippen LogP contribution in [-0.4, -0.2) is 13.1 Å². The Balaban J connectivity index is 1.17. The van der Waals surface area contributed by atoms with E-state index in [1.807, 2.05) is 6.07 Å². The summed E-state index contributed by atoms with van der Waals surface area (Å²) >= 11 is 0. The first-order chi connectivity index (χ1) is 24.6. The second-order valence-corrected chi connectivity index (χ2v) is 15.9. The number of fused-ring (bicyclic) bond motifs is 4. The van der Waals surface area contributed by atoms with Crippen molar-refractivity contribution < 1.29 is 9.15 Å². The van der Waals surface area contributed by atoms with Gasteiger partial charge >= 0.3 is 11.3 Å². The van der Waals surface area contributed by atoms with Gasteiger partial charge in [0.1, 0.15) is 11.5 Å². The molecule has 0 fully saturated rings. The first kappa shape index (κ1) is 32.8. The molecule has 256 valence electrons. The molecule has 0 saturated carbocycles. The summed E-state index contributed by atoms with van der Waals surface area (Å²) < 4.78 is 13.1. The minimum absolute atomic E-state index is 0.102. The lowest BCUT2D eigenvalue weighted by Gasteiger charge is -2.33. The van der Waals surface area contributed by atoms with Crippen LogP contribution in [0.2, 0.25) is 0 Å².